The first-order chi connectivity index (χ1) is 7.99. The second kappa shape index (κ2) is 5.17. The van der Waals surface area contributed by atoms with E-state index in [-0.39, 0.29) is 10.7 Å². The van der Waals surface area contributed by atoms with Gasteiger partial charge in [-0.05, 0) is 32.4 Å². The molecule has 2 aliphatic heterocycles. The number of hydrogen-bond acceptors (Lipinski definition) is 4. The molecular formula is C10H19N3O2S2. The van der Waals surface area contributed by atoms with Crippen LogP contribution in [0.15, 0.2) is 0 Å². The van der Waals surface area contributed by atoms with Crippen LogP contribution in [0.3, 0.4) is 0 Å². The van der Waals surface area contributed by atoms with Gasteiger partial charge in [0.2, 0.25) is 10.0 Å². The summed E-state index contributed by atoms with van der Waals surface area (Å²) < 4.78 is 25.7. The van der Waals surface area contributed by atoms with Crippen molar-refractivity contribution in [2.45, 2.75) is 25.3 Å². The van der Waals surface area contributed by atoms with Crippen LogP contribution in [-0.2, 0) is 10.0 Å². The first-order valence-corrected chi connectivity index (χ1v) is 8.01. The number of fused-ring (bicyclic) bond motifs is 1. The van der Waals surface area contributed by atoms with E-state index in [4.69, 9.17) is 18.0 Å². The summed E-state index contributed by atoms with van der Waals surface area (Å²) in [5, 5.41) is 0. The number of hydrogen-bond donors (Lipinski definition) is 1. The highest BCUT2D eigenvalue weighted by Gasteiger charge is 2.33. The van der Waals surface area contributed by atoms with Crippen molar-refractivity contribution in [3.05, 3.63) is 0 Å². The molecule has 0 radical (unpaired) electrons. The molecule has 0 aromatic carbocycles. The van der Waals surface area contributed by atoms with Crippen LogP contribution < -0.4 is 5.73 Å². The average Bonchev–Trinajstić information content (AvgIpc) is 2.53. The molecule has 98 valence electrons. The van der Waals surface area contributed by atoms with E-state index in [9.17, 15) is 8.42 Å². The Bertz CT molecular complexity index is 396. The van der Waals surface area contributed by atoms with Crippen LogP contribution in [0.5, 0.6) is 0 Å². The number of rotatable bonds is 3. The Morgan fingerprint density at radius 1 is 1.29 bits per heavy atom. The van der Waals surface area contributed by atoms with E-state index >= 15 is 0 Å². The first-order valence-electron chi connectivity index (χ1n) is 5.99. The maximum atomic E-state index is 12.1. The maximum absolute atomic E-state index is 12.1. The Labute approximate surface area is 108 Å². The van der Waals surface area contributed by atoms with Crippen molar-refractivity contribution in [1.82, 2.24) is 9.21 Å². The smallest absolute Gasteiger partial charge is 0.220 e. The molecular weight excluding hydrogens is 258 g/mol. The lowest BCUT2D eigenvalue weighted by Crippen LogP contribution is -2.42. The molecule has 1 atom stereocenters. The molecule has 2 heterocycles. The molecule has 0 spiro atoms. The Hall–Kier alpha value is -0.240. The summed E-state index contributed by atoms with van der Waals surface area (Å²) in [6.07, 6.45) is 3.17. The summed E-state index contributed by atoms with van der Waals surface area (Å²) in [4.78, 5) is 2.45. The summed E-state index contributed by atoms with van der Waals surface area (Å²) in [6, 6.07) is 0.388. The summed E-state index contributed by atoms with van der Waals surface area (Å²) in [6.45, 7) is 3.31. The van der Waals surface area contributed by atoms with Gasteiger partial charge in [-0.3, -0.25) is 4.90 Å². The normalized spacial score (nSPS) is 27.6. The van der Waals surface area contributed by atoms with Crippen LogP contribution in [0.2, 0.25) is 0 Å². The van der Waals surface area contributed by atoms with Gasteiger partial charge in [0.25, 0.3) is 0 Å². The van der Waals surface area contributed by atoms with Crippen LogP contribution in [0.1, 0.15) is 19.3 Å². The van der Waals surface area contributed by atoms with Crippen molar-refractivity contribution in [3.63, 3.8) is 0 Å². The van der Waals surface area contributed by atoms with E-state index in [0.717, 1.165) is 25.9 Å². The molecule has 2 fully saturated rings. The van der Waals surface area contributed by atoms with Gasteiger partial charge in [0.15, 0.2) is 0 Å². The largest absolute Gasteiger partial charge is 0.392 e. The van der Waals surface area contributed by atoms with E-state index in [1.807, 2.05) is 0 Å². The molecule has 17 heavy (non-hydrogen) atoms. The molecule has 2 N–H and O–H groups in total. The predicted octanol–water partition coefficient (Wildman–Crippen LogP) is -0.228. The van der Waals surface area contributed by atoms with Crippen LogP contribution >= 0.6 is 12.2 Å². The zero-order valence-electron chi connectivity index (χ0n) is 9.84. The maximum Gasteiger partial charge on any atom is 0.220 e. The minimum Gasteiger partial charge on any atom is -0.392 e. The molecule has 7 heteroatoms. The molecule has 1 unspecified atom stereocenters. The van der Waals surface area contributed by atoms with Gasteiger partial charge in [0.05, 0.1) is 4.99 Å². The van der Waals surface area contributed by atoms with Crippen LogP contribution in [0.4, 0.5) is 0 Å². The van der Waals surface area contributed by atoms with Crippen molar-refractivity contribution in [1.29, 1.82) is 0 Å². The third-order valence-corrected chi connectivity index (χ3v) is 5.61. The SMILES string of the molecule is NC(=S)CS(=O)(=O)N1CCCN2CCCC2C1. The third kappa shape index (κ3) is 3.15. The molecule has 0 saturated carbocycles. The third-order valence-electron chi connectivity index (χ3n) is 3.48. The minimum atomic E-state index is -3.30. The molecule has 5 nitrogen and oxygen atoms in total. The molecule has 2 saturated heterocycles. The number of nitrogens with zero attached hydrogens (tertiary/aromatic N) is 2. The number of thiocarbonyl (C=S) groups is 1. The number of nitrogens with two attached hydrogens (primary N) is 1. The highest BCUT2D eigenvalue weighted by atomic mass is 32.2. The zero-order valence-corrected chi connectivity index (χ0v) is 11.5. The van der Waals surface area contributed by atoms with E-state index in [2.05, 4.69) is 4.90 Å². The lowest BCUT2D eigenvalue weighted by molar-refractivity contribution is 0.258. The molecule has 0 aromatic heterocycles. The highest BCUT2D eigenvalue weighted by Crippen LogP contribution is 2.22. The van der Waals surface area contributed by atoms with Crippen molar-refractivity contribution in [3.8, 4) is 0 Å². The van der Waals surface area contributed by atoms with Crippen LogP contribution in [-0.4, -0.2) is 60.6 Å². The van der Waals surface area contributed by atoms with Gasteiger partial charge in [-0.1, -0.05) is 12.2 Å². The zero-order chi connectivity index (χ0) is 12.5. The molecule has 0 amide bonds. The van der Waals surface area contributed by atoms with E-state index in [0.29, 0.717) is 19.1 Å². The van der Waals surface area contributed by atoms with Gasteiger partial charge < -0.3 is 5.73 Å². The quantitative estimate of drug-likeness (QED) is 0.722. The van der Waals surface area contributed by atoms with E-state index < -0.39 is 10.0 Å². The lowest BCUT2D eigenvalue weighted by Gasteiger charge is -2.25. The van der Waals surface area contributed by atoms with Gasteiger partial charge >= 0.3 is 0 Å². The Morgan fingerprint density at radius 2 is 2.00 bits per heavy atom. The summed E-state index contributed by atoms with van der Waals surface area (Å²) in [5.41, 5.74) is 5.35. The molecule has 0 aliphatic carbocycles. The van der Waals surface area contributed by atoms with Gasteiger partial charge in [0, 0.05) is 19.1 Å². The predicted molar refractivity (Wildman–Crippen MR) is 71.4 cm³/mol. The van der Waals surface area contributed by atoms with Crippen molar-refractivity contribution >= 4 is 27.2 Å². The van der Waals surface area contributed by atoms with Crippen LogP contribution in [0, 0.1) is 0 Å². The van der Waals surface area contributed by atoms with E-state index in [1.165, 1.54) is 6.42 Å². The first kappa shape index (κ1) is 13.2. The van der Waals surface area contributed by atoms with Gasteiger partial charge in [-0.15, -0.1) is 0 Å². The van der Waals surface area contributed by atoms with Gasteiger partial charge in [-0.2, -0.15) is 4.31 Å². The fourth-order valence-electron chi connectivity index (χ4n) is 2.70. The van der Waals surface area contributed by atoms with Crippen LogP contribution in [0.25, 0.3) is 0 Å². The molecule has 2 rings (SSSR count). The summed E-state index contributed by atoms with van der Waals surface area (Å²) in [7, 11) is -3.30. The minimum absolute atomic E-state index is 0.0533. The van der Waals surface area contributed by atoms with E-state index in [1.54, 1.807) is 4.31 Å². The van der Waals surface area contributed by atoms with Crippen molar-refractivity contribution in [2.75, 3.05) is 31.9 Å². The standard InChI is InChI=1S/C10H19N3O2S2/c11-10(16)8-17(14,15)13-6-2-5-12-4-1-3-9(12)7-13/h9H,1-8H2,(H2,11,16). The molecule has 2 aliphatic rings. The Kier molecular flexibility index (Phi) is 4.02. The number of sulfonamides is 1. The molecule has 0 aromatic rings. The fraction of sp³-hybridized carbons (Fsp3) is 0.900. The van der Waals surface area contributed by atoms with Gasteiger partial charge in [-0.25, -0.2) is 8.42 Å². The second-order valence-electron chi connectivity index (χ2n) is 4.77. The lowest BCUT2D eigenvalue weighted by atomic mass is 10.2. The summed E-state index contributed by atoms with van der Waals surface area (Å²) in [5.74, 6) is -0.199. The van der Waals surface area contributed by atoms with Gasteiger partial charge in [0.1, 0.15) is 5.75 Å². The van der Waals surface area contributed by atoms with Crippen molar-refractivity contribution in [2.24, 2.45) is 5.73 Å². The summed E-state index contributed by atoms with van der Waals surface area (Å²) >= 11 is 4.70. The van der Waals surface area contributed by atoms with Crippen molar-refractivity contribution < 1.29 is 8.42 Å². The molecule has 0 bridgehead atoms. The highest BCUT2D eigenvalue weighted by molar-refractivity contribution is 7.92. The Morgan fingerprint density at radius 3 is 2.71 bits per heavy atom. The Balaban J connectivity index is 2.08. The fourth-order valence-corrected chi connectivity index (χ4v) is 4.49. The average molecular weight is 277 g/mol. The second-order valence-corrected chi connectivity index (χ2v) is 7.26. The topological polar surface area (TPSA) is 66.6 Å². The monoisotopic (exact) mass is 277 g/mol.